The molecule has 0 aromatic heterocycles. The van der Waals surface area contributed by atoms with E-state index in [0.29, 0.717) is 0 Å². The van der Waals surface area contributed by atoms with E-state index >= 15 is 0 Å². The SMILES string of the molecule is CC1CCCC(C[NH+]2C(C)CN3CCCC(C)C32)C1. The van der Waals surface area contributed by atoms with Crippen molar-refractivity contribution in [2.75, 3.05) is 19.6 Å². The standard InChI is InChI=1S/C17H32N2/c1-13-6-4-8-16(10-13)12-19-15(3)11-18-9-5-7-14(2)17(18)19/h13-17H,4-12H2,1-3H3/p+1. The van der Waals surface area contributed by atoms with Crippen LogP contribution in [0.2, 0.25) is 0 Å². The first-order valence-electron chi connectivity index (χ1n) is 8.74. The third-order valence-corrected chi connectivity index (χ3v) is 6.13. The van der Waals surface area contributed by atoms with Crippen molar-refractivity contribution < 1.29 is 4.90 Å². The van der Waals surface area contributed by atoms with Crippen LogP contribution in [0.4, 0.5) is 0 Å². The molecular weight excluding hydrogens is 232 g/mol. The van der Waals surface area contributed by atoms with Crippen LogP contribution in [-0.2, 0) is 0 Å². The number of quaternary nitrogens is 1. The molecule has 3 rings (SSSR count). The fourth-order valence-corrected chi connectivity index (χ4v) is 5.24. The van der Waals surface area contributed by atoms with Crippen LogP contribution in [0, 0.1) is 17.8 Å². The van der Waals surface area contributed by atoms with Crippen molar-refractivity contribution >= 4 is 0 Å². The molecule has 2 nitrogen and oxygen atoms in total. The molecule has 0 radical (unpaired) electrons. The van der Waals surface area contributed by atoms with Gasteiger partial charge in [-0.05, 0) is 38.5 Å². The van der Waals surface area contributed by atoms with Gasteiger partial charge in [-0.15, -0.1) is 0 Å². The lowest BCUT2D eigenvalue weighted by Gasteiger charge is -2.38. The Morgan fingerprint density at radius 1 is 1.05 bits per heavy atom. The smallest absolute Gasteiger partial charge is 0.146 e. The summed E-state index contributed by atoms with van der Waals surface area (Å²) >= 11 is 0. The summed E-state index contributed by atoms with van der Waals surface area (Å²) in [5.41, 5.74) is 0. The van der Waals surface area contributed by atoms with Gasteiger partial charge in [0.25, 0.3) is 0 Å². The highest BCUT2D eigenvalue weighted by Crippen LogP contribution is 2.29. The summed E-state index contributed by atoms with van der Waals surface area (Å²) < 4.78 is 0. The summed E-state index contributed by atoms with van der Waals surface area (Å²) in [5.74, 6) is 2.90. The van der Waals surface area contributed by atoms with Crippen molar-refractivity contribution in [3.63, 3.8) is 0 Å². The maximum Gasteiger partial charge on any atom is 0.146 e. The van der Waals surface area contributed by atoms with Crippen molar-refractivity contribution in [2.45, 2.75) is 71.5 Å². The van der Waals surface area contributed by atoms with Gasteiger partial charge in [-0.3, -0.25) is 0 Å². The molecule has 1 saturated carbocycles. The molecule has 0 spiro atoms. The van der Waals surface area contributed by atoms with Crippen LogP contribution in [-0.4, -0.2) is 36.7 Å². The third kappa shape index (κ3) is 2.85. The number of rotatable bonds is 2. The second kappa shape index (κ2) is 5.73. The van der Waals surface area contributed by atoms with Crippen LogP contribution >= 0.6 is 0 Å². The third-order valence-electron chi connectivity index (χ3n) is 6.13. The van der Waals surface area contributed by atoms with Gasteiger partial charge in [0.2, 0.25) is 0 Å². The Balaban J connectivity index is 1.65. The zero-order chi connectivity index (χ0) is 13.4. The van der Waals surface area contributed by atoms with Gasteiger partial charge >= 0.3 is 0 Å². The fourth-order valence-electron chi connectivity index (χ4n) is 5.24. The lowest BCUT2D eigenvalue weighted by molar-refractivity contribution is -0.946. The van der Waals surface area contributed by atoms with E-state index in [-0.39, 0.29) is 0 Å². The highest BCUT2D eigenvalue weighted by atomic mass is 15.4. The lowest BCUT2D eigenvalue weighted by atomic mass is 9.82. The first kappa shape index (κ1) is 13.9. The first-order chi connectivity index (χ1) is 9.15. The minimum atomic E-state index is 0.848. The van der Waals surface area contributed by atoms with Crippen LogP contribution in [0.3, 0.4) is 0 Å². The Bertz CT molecular complexity index is 304. The van der Waals surface area contributed by atoms with Gasteiger partial charge in [-0.25, -0.2) is 4.90 Å². The molecule has 0 bridgehead atoms. The molecule has 3 aliphatic rings. The Kier molecular flexibility index (Phi) is 4.19. The Morgan fingerprint density at radius 3 is 2.68 bits per heavy atom. The second-order valence-electron chi connectivity index (χ2n) is 7.88. The predicted octanol–water partition coefficient (Wildman–Crippen LogP) is 2.16. The zero-order valence-electron chi connectivity index (χ0n) is 13.2. The molecule has 110 valence electrons. The average molecular weight is 265 g/mol. The van der Waals surface area contributed by atoms with Crippen LogP contribution in [0.5, 0.6) is 0 Å². The van der Waals surface area contributed by atoms with E-state index in [1.165, 1.54) is 58.2 Å². The molecule has 0 aromatic rings. The van der Waals surface area contributed by atoms with Crippen LogP contribution in [0.25, 0.3) is 0 Å². The van der Waals surface area contributed by atoms with Gasteiger partial charge in [0, 0.05) is 18.4 Å². The second-order valence-corrected chi connectivity index (χ2v) is 7.88. The normalized spacial score (nSPS) is 48.2. The number of hydrogen-bond acceptors (Lipinski definition) is 1. The van der Waals surface area contributed by atoms with Crippen molar-refractivity contribution in [3.05, 3.63) is 0 Å². The zero-order valence-corrected chi connectivity index (χ0v) is 13.2. The van der Waals surface area contributed by atoms with E-state index < -0.39 is 0 Å². The molecule has 3 fully saturated rings. The number of hydrogen-bond donors (Lipinski definition) is 1. The van der Waals surface area contributed by atoms with Crippen molar-refractivity contribution in [2.24, 2.45) is 17.8 Å². The minimum Gasteiger partial charge on any atom is -0.316 e. The molecule has 2 saturated heterocycles. The molecule has 1 aliphatic carbocycles. The van der Waals surface area contributed by atoms with Crippen LogP contribution < -0.4 is 4.90 Å². The molecular formula is C17H33N2+. The van der Waals surface area contributed by atoms with E-state index in [1.807, 2.05) is 4.90 Å². The fraction of sp³-hybridized carbons (Fsp3) is 1.00. The molecule has 0 aromatic carbocycles. The molecule has 1 N–H and O–H groups in total. The number of nitrogens with one attached hydrogen (secondary N) is 1. The summed E-state index contributed by atoms with van der Waals surface area (Å²) in [4.78, 5) is 4.74. The highest BCUT2D eigenvalue weighted by Gasteiger charge is 2.46. The summed E-state index contributed by atoms with van der Waals surface area (Å²) in [7, 11) is 0. The van der Waals surface area contributed by atoms with Gasteiger partial charge < -0.3 is 4.90 Å². The summed E-state index contributed by atoms with van der Waals surface area (Å²) in [6.45, 7) is 11.6. The predicted molar refractivity (Wildman–Crippen MR) is 80.2 cm³/mol. The van der Waals surface area contributed by atoms with E-state index in [9.17, 15) is 0 Å². The molecule has 2 heterocycles. The number of nitrogens with zero attached hydrogens (tertiary/aromatic N) is 1. The van der Waals surface area contributed by atoms with Gasteiger partial charge in [0.1, 0.15) is 6.17 Å². The molecule has 6 unspecified atom stereocenters. The topological polar surface area (TPSA) is 7.68 Å². The Labute approximate surface area is 119 Å². The molecule has 2 aliphatic heterocycles. The molecule has 2 heteroatoms. The summed E-state index contributed by atoms with van der Waals surface area (Å²) in [6, 6.07) is 0.864. The average Bonchev–Trinajstić information content (AvgIpc) is 2.67. The lowest BCUT2D eigenvalue weighted by Crippen LogP contribution is -3.19. The van der Waals surface area contributed by atoms with Crippen molar-refractivity contribution in [1.82, 2.24) is 4.90 Å². The maximum atomic E-state index is 2.81. The van der Waals surface area contributed by atoms with Gasteiger partial charge in [-0.2, -0.15) is 0 Å². The number of fused-ring (bicyclic) bond motifs is 1. The van der Waals surface area contributed by atoms with E-state index in [4.69, 9.17) is 0 Å². The van der Waals surface area contributed by atoms with Crippen LogP contribution in [0.15, 0.2) is 0 Å². The van der Waals surface area contributed by atoms with Gasteiger partial charge in [-0.1, -0.05) is 26.7 Å². The van der Waals surface area contributed by atoms with Gasteiger partial charge in [0.15, 0.2) is 0 Å². The van der Waals surface area contributed by atoms with E-state index in [1.54, 1.807) is 0 Å². The molecule has 6 atom stereocenters. The quantitative estimate of drug-likeness (QED) is 0.804. The minimum absolute atomic E-state index is 0.848. The molecule has 19 heavy (non-hydrogen) atoms. The van der Waals surface area contributed by atoms with Gasteiger partial charge in [0.05, 0.1) is 19.1 Å². The van der Waals surface area contributed by atoms with E-state index in [0.717, 1.165) is 30.0 Å². The summed E-state index contributed by atoms with van der Waals surface area (Å²) in [5, 5.41) is 0. The first-order valence-corrected chi connectivity index (χ1v) is 8.74. The maximum absolute atomic E-state index is 2.81. The summed E-state index contributed by atoms with van der Waals surface area (Å²) in [6.07, 6.45) is 9.70. The molecule has 0 amide bonds. The monoisotopic (exact) mass is 265 g/mol. The highest BCUT2D eigenvalue weighted by molar-refractivity contribution is 4.82. The van der Waals surface area contributed by atoms with Crippen molar-refractivity contribution in [3.8, 4) is 0 Å². The Hall–Kier alpha value is -0.0800. The largest absolute Gasteiger partial charge is 0.316 e. The van der Waals surface area contributed by atoms with E-state index in [2.05, 4.69) is 25.7 Å². The number of piperidine rings is 1. The Morgan fingerprint density at radius 2 is 1.89 bits per heavy atom. The van der Waals surface area contributed by atoms with Crippen LogP contribution in [0.1, 0.15) is 59.3 Å². The van der Waals surface area contributed by atoms with Crippen molar-refractivity contribution in [1.29, 1.82) is 0 Å².